The summed E-state index contributed by atoms with van der Waals surface area (Å²) in [5.74, 6) is 0.471. The monoisotopic (exact) mass is 432 g/mol. The van der Waals surface area contributed by atoms with Gasteiger partial charge in [0.2, 0.25) is 5.82 Å². The molecule has 0 spiro atoms. The van der Waals surface area contributed by atoms with Crippen LogP contribution in [0.1, 0.15) is 17.1 Å². The van der Waals surface area contributed by atoms with Crippen LogP contribution in [0.25, 0.3) is 28.5 Å². The molecule has 0 unspecified atom stereocenters. The molecule has 0 bridgehead atoms. The van der Waals surface area contributed by atoms with Crippen molar-refractivity contribution < 1.29 is 27.2 Å². The van der Waals surface area contributed by atoms with Crippen LogP contribution < -0.4 is 4.74 Å². The number of hydrogen-bond acceptors (Lipinski definition) is 7. The molecule has 160 valence electrons. The average molecular weight is 432 g/mol. The first kappa shape index (κ1) is 19.3. The van der Waals surface area contributed by atoms with Crippen molar-refractivity contribution in [2.24, 2.45) is 7.05 Å². The summed E-state index contributed by atoms with van der Waals surface area (Å²) >= 11 is 0. The number of rotatable bonds is 4. The van der Waals surface area contributed by atoms with Crippen LogP contribution in [0, 0.1) is 0 Å². The smallest absolute Gasteiger partial charge is 0.497 e. The number of ether oxygens (including phenoxy) is 2. The summed E-state index contributed by atoms with van der Waals surface area (Å²) in [4.78, 5) is 8.43. The van der Waals surface area contributed by atoms with Crippen LogP contribution in [0.5, 0.6) is 5.75 Å². The van der Waals surface area contributed by atoms with Gasteiger partial charge >= 0.3 is 6.36 Å². The van der Waals surface area contributed by atoms with Gasteiger partial charge in [-0.2, -0.15) is 10.1 Å². The van der Waals surface area contributed by atoms with Crippen LogP contribution in [0.3, 0.4) is 0 Å². The van der Waals surface area contributed by atoms with E-state index in [2.05, 4.69) is 25.0 Å². The molecule has 3 aromatic heterocycles. The molecule has 1 aromatic carbocycles. The molecule has 0 fully saturated rings. The van der Waals surface area contributed by atoms with E-state index in [1.165, 1.54) is 0 Å². The second kappa shape index (κ2) is 6.94. The Morgan fingerprint density at radius 2 is 2.06 bits per heavy atom. The van der Waals surface area contributed by atoms with Gasteiger partial charge < -0.3 is 13.8 Å². The van der Waals surface area contributed by atoms with E-state index in [0.29, 0.717) is 17.9 Å². The molecule has 9 nitrogen and oxygen atoms in total. The van der Waals surface area contributed by atoms with Gasteiger partial charge in [0.1, 0.15) is 24.4 Å². The molecule has 0 N–H and O–H groups in total. The van der Waals surface area contributed by atoms with Gasteiger partial charge in [-0.25, -0.2) is 4.98 Å². The zero-order chi connectivity index (χ0) is 21.8. The number of nitrogens with zero attached hydrogens (tertiary/aromatic N) is 6. The van der Waals surface area contributed by atoms with Crippen molar-refractivity contribution in [1.82, 2.24) is 29.5 Å². The molecule has 1 aliphatic rings. The minimum atomic E-state index is -4.79. The third kappa shape index (κ3) is 3.44. The highest BCUT2D eigenvalue weighted by molar-refractivity contribution is 5.77. The lowest BCUT2D eigenvalue weighted by atomic mass is 10.0. The van der Waals surface area contributed by atoms with Crippen molar-refractivity contribution in [3.63, 3.8) is 0 Å². The maximum atomic E-state index is 12.3. The fourth-order valence-corrected chi connectivity index (χ4v) is 3.61. The van der Waals surface area contributed by atoms with Crippen LogP contribution in [0.15, 0.2) is 35.2 Å². The number of methoxy groups -OCH3 is 1. The average Bonchev–Trinajstić information content (AvgIpc) is 3.43. The lowest BCUT2D eigenvalue weighted by molar-refractivity contribution is -0.332. The Labute approximate surface area is 173 Å². The molecule has 0 amide bonds. The van der Waals surface area contributed by atoms with E-state index in [0.717, 1.165) is 28.2 Å². The van der Waals surface area contributed by atoms with E-state index in [9.17, 15) is 13.2 Å². The SMILES string of the molecule is COc1ccc2c(c1)-c1nn(C)cc1Cc1c(-c3noc(COC(F)(F)F)n3)ncn1-2. The van der Waals surface area contributed by atoms with E-state index in [-0.39, 0.29) is 11.7 Å². The van der Waals surface area contributed by atoms with Gasteiger partial charge in [-0.1, -0.05) is 5.16 Å². The van der Waals surface area contributed by atoms with Gasteiger partial charge in [0.05, 0.1) is 24.2 Å². The van der Waals surface area contributed by atoms with Crippen LogP contribution in [0.4, 0.5) is 13.2 Å². The molecular weight excluding hydrogens is 417 g/mol. The number of aryl methyl sites for hydroxylation is 1. The maximum Gasteiger partial charge on any atom is 0.523 e. The molecule has 0 radical (unpaired) electrons. The molecule has 1 aliphatic heterocycles. The molecule has 0 saturated carbocycles. The number of aromatic nitrogens is 6. The molecule has 5 rings (SSSR count). The van der Waals surface area contributed by atoms with Gasteiger partial charge in [0.25, 0.3) is 5.89 Å². The predicted octanol–water partition coefficient (Wildman–Crippen LogP) is 3.27. The first-order valence-electron chi connectivity index (χ1n) is 9.13. The largest absolute Gasteiger partial charge is 0.523 e. The van der Waals surface area contributed by atoms with Gasteiger partial charge in [0, 0.05) is 30.8 Å². The number of imidazole rings is 1. The third-order valence-electron chi connectivity index (χ3n) is 4.89. The Balaban J connectivity index is 1.60. The number of hydrogen-bond donors (Lipinski definition) is 0. The first-order valence-corrected chi connectivity index (χ1v) is 9.13. The zero-order valence-electron chi connectivity index (χ0n) is 16.3. The quantitative estimate of drug-likeness (QED) is 0.430. The van der Waals surface area contributed by atoms with E-state index in [1.807, 2.05) is 36.0 Å². The van der Waals surface area contributed by atoms with E-state index < -0.39 is 13.0 Å². The van der Waals surface area contributed by atoms with Gasteiger partial charge in [-0.05, 0) is 18.2 Å². The topological polar surface area (TPSA) is 93.0 Å². The highest BCUT2D eigenvalue weighted by atomic mass is 19.4. The van der Waals surface area contributed by atoms with Gasteiger partial charge in [0.15, 0.2) is 0 Å². The fraction of sp³-hybridized carbons (Fsp3) is 0.263. The number of fused-ring (bicyclic) bond motifs is 5. The van der Waals surface area contributed by atoms with Crippen molar-refractivity contribution in [2.75, 3.05) is 7.11 Å². The minimum absolute atomic E-state index is 0.0805. The van der Waals surface area contributed by atoms with E-state index >= 15 is 0 Å². The molecule has 4 aromatic rings. The summed E-state index contributed by atoms with van der Waals surface area (Å²) in [6, 6.07) is 5.62. The molecule has 4 heterocycles. The van der Waals surface area contributed by atoms with Crippen LogP contribution >= 0.6 is 0 Å². The summed E-state index contributed by atoms with van der Waals surface area (Å²) in [5, 5.41) is 8.39. The molecular formula is C19H15F3N6O3. The van der Waals surface area contributed by atoms with E-state index in [4.69, 9.17) is 9.26 Å². The second-order valence-electron chi connectivity index (χ2n) is 6.89. The molecule has 12 heteroatoms. The molecule has 31 heavy (non-hydrogen) atoms. The van der Waals surface area contributed by atoms with Crippen molar-refractivity contribution in [3.8, 4) is 34.2 Å². The summed E-state index contributed by atoms with van der Waals surface area (Å²) in [7, 11) is 3.42. The highest BCUT2D eigenvalue weighted by Gasteiger charge is 2.31. The zero-order valence-corrected chi connectivity index (χ0v) is 16.3. The minimum Gasteiger partial charge on any atom is -0.497 e. The normalized spacial score (nSPS) is 12.8. The van der Waals surface area contributed by atoms with Crippen LogP contribution in [-0.2, 0) is 24.8 Å². The molecule has 0 aliphatic carbocycles. The van der Waals surface area contributed by atoms with Crippen molar-refractivity contribution in [3.05, 3.63) is 47.9 Å². The Morgan fingerprint density at radius 1 is 1.23 bits per heavy atom. The predicted molar refractivity (Wildman–Crippen MR) is 99.3 cm³/mol. The fourth-order valence-electron chi connectivity index (χ4n) is 3.61. The summed E-state index contributed by atoms with van der Waals surface area (Å²) in [5.41, 5.74) is 4.60. The van der Waals surface area contributed by atoms with E-state index in [1.54, 1.807) is 18.1 Å². The first-order chi connectivity index (χ1) is 14.8. The summed E-state index contributed by atoms with van der Waals surface area (Å²) in [6.45, 7) is -0.873. The number of halogens is 3. The molecule has 0 atom stereocenters. The Bertz CT molecular complexity index is 1270. The van der Waals surface area contributed by atoms with Crippen molar-refractivity contribution >= 4 is 0 Å². The molecule has 0 saturated heterocycles. The Morgan fingerprint density at radius 3 is 2.84 bits per heavy atom. The number of alkyl halides is 3. The van der Waals surface area contributed by atoms with Crippen molar-refractivity contribution in [1.29, 1.82) is 0 Å². The summed E-state index contributed by atoms with van der Waals surface area (Å²) < 4.78 is 54.5. The Kier molecular flexibility index (Phi) is 4.32. The summed E-state index contributed by atoms with van der Waals surface area (Å²) in [6.07, 6.45) is -0.812. The van der Waals surface area contributed by atoms with Crippen LogP contribution in [0.2, 0.25) is 0 Å². The highest BCUT2D eigenvalue weighted by Crippen LogP contribution is 2.38. The third-order valence-corrected chi connectivity index (χ3v) is 4.89. The lowest BCUT2D eigenvalue weighted by Crippen LogP contribution is -2.13. The lowest BCUT2D eigenvalue weighted by Gasteiger charge is -2.11. The van der Waals surface area contributed by atoms with Gasteiger partial charge in [-0.15, -0.1) is 13.2 Å². The maximum absolute atomic E-state index is 12.3. The Hall–Kier alpha value is -3.67. The van der Waals surface area contributed by atoms with Gasteiger partial charge in [-0.3, -0.25) is 9.42 Å². The number of benzene rings is 1. The van der Waals surface area contributed by atoms with Crippen molar-refractivity contribution in [2.45, 2.75) is 19.4 Å². The standard InChI is InChI=1S/C19H15F3N6O3/c1-27-7-10-5-14-17(18-24-15(31-26-18)8-30-19(20,21)22)23-9-28(14)13-4-3-11(29-2)6-12(13)16(10)25-27/h3-4,6-7,9H,5,8H2,1-2H3. The second-order valence-corrected chi connectivity index (χ2v) is 6.89. The van der Waals surface area contributed by atoms with Crippen LogP contribution in [-0.4, -0.2) is 42.9 Å².